The Morgan fingerprint density at radius 1 is 1.29 bits per heavy atom. The van der Waals surface area contributed by atoms with Gasteiger partial charge in [0.25, 0.3) is 0 Å². The van der Waals surface area contributed by atoms with Crippen LogP contribution in [-0.4, -0.2) is 17.0 Å². The van der Waals surface area contributed by atoms with E-state index >= 15 is 0 Å². The average Bonchev–Trinajstić information content (AvgIpc) is 2.37. The molecular weight excluding hydrogens is 228 g/mol. The van der Waals surface area contributed by atoms with E-state index in [9.17, 15) is 0 Å². The molecule has 0 heterocycles. The summed E-state index contributed by atoms with van der Waals surface area (Å²) in [6, 6.07) is 8.38. The summed E-state index contributed by atoms with van der Waals surface area (Å²) in [6.45, 7) is 4.62. The molecule has 1 nitrogen and oxygen atoms in total. The summed E-state index contributed by atoms with van der Waals surface area (Å²) in [5, 5.41) is 9.35. The molecule has 2 heteroatoms. The van der Waals surface area contributed by atoms with Gasteiger partial charge < -0.3 is 5.11 Å². The fourth-order valence-electron chi connectivity index (χ4n) is 1.26. The van der Waals surface area contributed by atoms with Gasteiger partial charge in [-0.3, -0.25) is 0 Å². The molecule has 0 aliphatic rings. The van der Waals surface area contributed by atoms with E-state index in [0.717, 1.165) is 16.6 Å². The summed E-state index contributed by atoms with van der Waals surface area (Å²) in [7, 11) is 0. The number of aliphatic hydroxyl groups is 1. The van der Waals surface area contributed by atoms with Crippen LogP contribution in [0.5, 0.6) is 0 Å². The van der Waals surface area contributed by atoms with E-state index in [0.29, 0.717) is 6.42 Å². The van der Waals surface area contributed by atoms with Crippen LogP contribution >= 0.6 is 11.8 Å². The summed E-state index contributed by atoms with van der Waals surface area (Å²) < 4.78 is 0. The van der Waals surface area contributed by atoms with Crippen molar-refractivity contribution in [2.75, 3.05) is 6.61 Å². The van der Waals surface area contributed by atoms with E-state index in [2.05, 4.69) is 50.0 Å². The fraction of sp³-hybridized carbons (Fsp3) is 0.467. The van der Waals surface area contributed by atoms with Crippen LogP contribution in [0.4, 0.5) is 0 Å². The van der Waals surface area contributed by atoms with Gasteiger partial charge in [0, 0.05) is 23.0 Å². The Hall–Kier alpha value is -0.910. The molecule has 0 aromatic heterocycles. The minimum atomic E-state index is 0.136. The smallest absolute Gasteiger partial charge is 0.0540 e. The molecule has 92 valence electrons. The molecule has 17 heavy (non-hydrogen) atoms. The van der Waals surface area contributed by atoms with Crippen molar-refractivity contribution in [3.63, 3.8) is 0 Å². The number of hydrogen-bond donors (Lipinski definition) is 1. The predicted molar refractivity (Wildman–Crippen MR) is 76.1 cm³/mol. The predicted octanol–water partition coefficient (Wildman–Crippen LogP) is 3.45. The molecule has 0 aliphatic heterocycles. The van der Waals surface area contributed by atoms with Crippen LogP contribution in [0.1, 0.15) is 37.8 Å². The van der Waals surface area contributed by atoms with Gasteiger partial charge in [0.05, 0.1) is 6.61 Å². The SMILES string of the molecule is CCC(C)SCc1ccc(C#CCCO)cc1. The molecule has 0 bridgehead atoms. The zero-order chi connectivity index (χ0) is 12.5. The topological polar surface area (TPSA) is 20.2 Å². The molecule has 0 saturated heterocycles. The van der Waals surface area contributed by atoms with Crippen LogP contribution in [0.15, 0.2) is 24.3 Å². The lowest BCUT2D eigenvalue weighted by atomic mass is 10.1. The van der Waals surface area contributed by atoms with Gasteiger partial charge in [0.1, 0.15) is 0 Å². The van der Waals surface area contributed by atoms with E-state index in [4.69, 9.17) is 5.11 Å². The zero-order valence-corrected chi connectivity index (χ0v) is 11.4. The van der Waals surface area contributed by atoms with Gasteiger partial charge >= 0.3 is 0 Å². The highest BCUT2D eigenvalue weighted by Gasteiger charge is 1.99. The van der Waals surface area contributed by atoms with Crippen LogP contribution in [0.2, 0.25) is 0 Å². The van der Waals surface area contributed by atoms with E-state index < -0.39 is 0 Å². The van der Waals surface area contributed by atoms with Crippen molar-refractivity contribution in [2.45, 2.75) is 37.7 Å². The standard InChI is InChI=1S/C15H20OS/c1-3-13(2)17-12-15-9-7-14(8-10-15)6-4-5-11-16/h7-10,13,16H,3,5,11-12H2,1-2H3. The first-order valence-corrected chi connectivity index (χ1v) is 7.11. The Morgan fingerprint density at radius 2 is 2.00 bits per heavy atom. The van der Waals surface area contributed by atoms with E-state index in [1.165, 1.54) is 12.0 Å². The van der Waals surface area contributed by atoms with Gasteiger partial charge in [0.2, 0.25) is 0 Å². The maximum atomic E-state index is 8.63. The Kier molecular flexibility index (Phi) is 6.84. The number of aliphatic hydroxyl groups excluding tert-OH is 1. The highest BCUT2D eigenvalue weighted by atomic mass is 32.2. The van der Waals surface area contributed by atoms with Crippen LogP contribution in [0, 0.1) is 11.8 Å². The summed E-state index contributed by atoms with van der Waals surface area (Å²) in [5.41, 5.74) is 2.37. The molecule has 0 aliphatic carbocycles. The van der Waals surface area contributed by atoms with Gasteiger partial charge in [-0.2, -0.15) is 11.8 Å². The lowest BCUT2D eigenvalue weighted by Crippen LogP contribution is -1.93. The summed E-state index contributed by atoms with van der Waals surface area (Å²) >= 11 is 1.99. The summed E-state index contributed by atoms with van der Waals surface area (Å²) in [4.78, 5) is 0. The second-order valence-electron chi connectivity index (χ2n) is 4.00. The molecule has 1 atom stereocenters. The Labute approximate surface area is 109 Å². The fourth-order valence-corrected chi connectivity index (χ4v) is 2.17. The minimum absolute atomic E-state index is 0.136. The number of thioether (sulfide) groups is 1. The molecule has 1 rings (SSSR count). The third kappa shape index (κ3) is 5.81. The molecule has 1 aromatic carbocycles. The lowest BCUT2D eigenvalue weighted by molar-refractivity contribution is 0.305. The second kappa shape index (κ2) is 8.22. The van der Waals surface area contributed by atoms with Gasteiger partial charge in [-0.15, -0.1) is 0 Å². The van der Waals surface area contributed by atoms with Crippen molar-refractivity contribution >= 4 is 11.8 Å². The van der Waals surface area contributed by atoms with Crippen molar-refractivity contribution in [1.29, 1.82) is 0 Å². The molecule has 1 unspecified atom stereocenters. The first kappa shape index (κ1) is 14.2. The van der Waals surface area contributed by atoms with Crippen molar-refractivity contribution in [2.24, 2.45) is 0 Å². The first-order chi connectivity index (χ1) is 8.26. The van der Waals surface area contributed by atoms with E-state index in [1.54, 1.807) is 0 Å². The summed E-state index contributed by atoms with van der Waals surface area (Å²) in [5.74, 6) is 7.03. The number of hydrogen-bond acceptors (Lipinski definition) is 2. The monoisotopic (exact) mass is 248 g/mol. The third-order valence-electron chi connectivity index (χ3n) is 2.53. The molecular formula is C15H20OS. The van der Waals surface area contributed by atoms with Crippen LogP contribution in [0.3, 0.4) is 0 Å². The van der Waals surface area contributed by atoms with Crippen molar-refractivity contribution < 1.29 is 5.11 Å². The Morgan fingerprint density at radius 3 is 2.59 bits per heavy atom. The maximum Gasteiger partial charge on any atom is 0.0540 e. The molecule has 0 fully saturated rings. The van der Waals surface area contributed by atoms with Crippen molar-refractivity contribution in [3.05, 3.63) is 35.4 Å². The van der Waals surface area contributed by atoms with E-state index in [-0.39, 0.29) is 6.61 Å². The number of benzene rings is 1. The van der Waals surface area contributed by atoms with Crippen LogP contribution < -0.4 is 0 Å². The van der Waals surface area contributed by atoms with Crippen molar-refractivity contribution in [1.82, 2.24) is 0 Å². The van der Waals surface area contributed by atoms with Crippen molar-refractivity contribution in [3.8, 4) is 11.8 Å². The highest BCUT2D eigenvalue weighted by molar-refractivity contribution is 7.99. The minimum Gasteiger partial charge on any atom is -0.395 e. The van der Waals surface area contributed by atoms with Gasteiger partial charge in [-0.05, 0) is 24.1 Å². The summed E-state index contributed by atoms with van der Waals surface area (Å²) in [6.07, 6.45) is 1.76. The molecule has 0 spiro atoms. The van der Waals surface area contributed by atoms with Gasteiger partial charge in [-0.25, -0.2) is 0 Å². The highest BCUT2D eigenvalue weighted by Crippen LogP contribution is 2.19. The second-order valence-corrected chi connectivity index (χ2v) is 5.43. The molecule has 0 saturated carbocycles. The van der Waals surface area contributed by atoms with Crippen LogP contribution in [-0.2, 0) is 5.75 Å². The first-order valence-electron chi connectivity index (χ1n) is 6.06. The van der Waals surface area contributed by atoms with E-state index in [1.807, 2.05) is 11.8 Å². The molecule has 1 N–H and O–H groups in total. The number of rotatable bonds is 5. The Bertz CT molecular complexity index is 372. The largest absolute Gasteiger partial charge is 0.395 e. The van der Waals surface area contributed by atoms with Gasteiger partial charge in [-0.1, -0.05) is 37.8 Å². The van der Waals surface area contributed by atoms with Gasteiger partial charge in [0.15, 0.2) is 0 Å². The Balaban J connectivity index is 2.48. The maximum absolute atomic E-state index is 8.63. The molecule has 0 amide bonds. The van der Waals surface area contributed by atoms with Crippen LogP contribution in [0.25, 0.3) is 0 Å². The normalized spacial score (nSPS) is 11.7. The zero-order valence-electron chi connectivity index (χ0n) is 10.6. The third-order valence-corrected chi connectivity index (χ3v) is 3.94. The average molecular weight is 248 g/mol. The molecule has 0 radical (unpaired) electrons. The quantitative estimate of drug-likeness (QED) is 0.805. The molecule has 1 aromatic rings. The lowest BCUT2D eigenvalue weighted by Gasteiger charge is -2.07.